The van der Waals surface area contributed by atoms with Crippen LogP contribution in [0.25, 0.3) is 32.9 Å². The van der Waals surface area contributed by atoms with Crippen LogP contribution in [0.1, 0.15) is 15.9 Å². The van der Waals surface area contributed by atoms with E-state index >= 15 is 0 Å². The van der Waals surface area contributed by atoms with E-state index in [4.69, 9.17) is 4.74 Å². The first kappa shape index (κ1) is 18.1. The van der Waals surface area contributed by atoms with Gasteiger partial charge in [0.15, 0.2) is 5.78 Å². The minimum Gasteiger partial charge on any atom is -0.497 e. The number of fused-ring (bicyclic) bond motifs is 2. The molecule has 0 amide bonds. The number of ketones is 1. The fraction of sp³-hybridized carbons (Fsp3) is 0.0385. The lowest BCUT2D eigenvalue weighted by atomic mass is 9.94. The molecule has 1 aromatic heterocycles. The average Bonchev–Trinajstić information content (AvgIpc) is 3.17. The highest BCUT2D eigenvalue weighted by Crippen LogP contribution is 2.36. The Balaban J connectivity index is 1.80. The molecule has 5 aromatic rings. The molecule has 1 heterocycles. The van der Waals surface area contributed by atoms with Crippen LogP contribution in [0.15, 0.2) is 84.9 Å². The summed E-state index contributed by atoms with van der Waals surface area (Å²) in [5, 5.41) is 2.82. The molecule has 0 spiro atoms. The molecule has 0 saturated carbocycles. The van der Waals surface area contributed by atoms with E-state index in [1.54, 1.807) is 19.2 Å². The number of carbonyl (C=O) groups excluding carboxylic acids is 1. The van der Waals surface area contributed by atoms with Crippen LogP contribution in [0.3, 0.4) is 0 Å². The number of H-pyrrole nitrogens is 1. The third kappa shape index (κ3) is 2.94. The highest BCUT2D eigenvalue weighted by Gasteiger charge is 2.22. The van der Waals surface area contributed by atoms with Gasteiger partial charge in [0, 0.05) is 22.0 Å². The molecule has 3 nitrogen and oxygen atoms in total. The number of rotatable bonds is 4. The van der Waals surface area contributed by atoms with Crippen molar-refractivity contribution in [3.05, 3.63) is 102 Å². The lowest BCUT2D eigenvalue weighted by Crippen LogP contribution is -2.03. The van der Waals surface area contributed by atoms with Gasteiger partial charge in [0.05, 0.1) is 18.4 Å². The van der Waals surface area contributed by atoms with Gasteiger partial charge in [-0.25, -0.2) is 4.39 Å². The summed E-state index contributed by atoms with van der Waals surface area (Å²) < 4.78 is 19.2. The van der Waals surface area contributed by atoms with E-state index in [0.717, 1.165) is 38.7 Å². The van der Waals surface area contributed by atoms with Crippen molar-refractivity contribution < 1.29 is 13.9 Å². The van der Waals surface area contributed by atoms with Gasteiger partial charge in [-0.3, -0.25) is 4.79 Å². The molecule has 0 atom stereocenters. The molecule has 4 heteroatoms. The second-order valence-electron chi connectivity index (χ2n) is 7.15. The number of carbonyl (C=O) groups is 1. The molecule has 1 N–H and O–H groups in total. The lowest BCUT2D eigenvalue weighted by Gasteiger charge is -2.10. The zero-order chi connectivity index (χ0) is 20.7. The van der Waals surface area contributed by atoms with Gasteiger partial charge in [0.25, 0.3) is 0 Å². The van der Waals surface area contributed by atoms with Crippen molar-refractivity contribution >= 4 is 27.5 Å². The van der Waals surface area contributed by atoms with Crippen molar-refractivity contribution in [1.82, 2.24) is 4.98 Å². The Labute approximate surface area is 172 Å². The van der Waals surface area contributed by atoms with E-state index in [1.807, 2.05) is 60.7 Å². The molecule has 0 aliphatic rings. The number of halogens is 1. The first-order valence-corrected chi connectivity index (χ1v) is 9.64. The predicted octanol–water partition coefficient (Wildman–Crippen LogP) is 6.37. The maximum Gasteiger partial charge on any atom is 0.195 e. The summed E-state index contributed by atoms with van der Waals surface area (Å²) in [5.41, 5.74) is 3.35. The van der Waals surface area contributed by atoms with Crippen LogP contribution in [0.4, 0.5) is 4.39 Å². The Kier molecular flexibility index (Phi) is 4.32. The molecule has 0 unspecified atom stereocenters. The van der Waals surface area contributed by atoms with E-state index in [9.17, 15) is 9.18 Å². The summed E-state index contributed by atoms with van der Waals surface area (Å²) in [6, 6.07) is 25.3. The largest absolute Gasteiger partial charge is 0.497 e. The van der Waals surface area contributed by atoms with Crippen molar-refractivity contribution in [3.8, 4) is 17.0 Å². The molecule has 4 aromatic carbocycles. The predicted molar refractivity (Wildman–Crippen MR) is 118 cm³/mol. The average molecular weight is 395 g/mol. The standard InChI is InChI=1S/C26H18FNO2/c1-30-19-12-13-20-16(15-19)6-5-10-21(20)25-24(22-9-2-3-11-23(22)28-25)26(29)17-7-4-8-18(27)14-17/h2-15,28H,1H3. The van der Waals surface area contributed by atoms with E-state index < -0.39 is 5.82 Å². The van der Waals surface area contributed by atoms with E-state index in [1.165, 1.54) is 12.1 Å². The minimum atomic E-state index is -0.431. The lowest BCUT2D eigenvalue weighted by molar-refractivity contribution is 0.104. The molecule has 30 heavy (non-hydrogen) atoms. The number of ether oxygens (including phenoxy) is 1. The number of hydrogen-bond acceptors (Lipinski definition) is 2. The van der Waals surface area contributed by atoms with Crippen molar-refractivity contribution in [1.29, 1.82) is 0 Å². The quantitative estimate of drug-likeness (QED) is 0.359. The van der Waals surface area contributed by atoms with Crippen LogP contribution in [-0.2, 0) is 0 Å². The van der Waals surface area contributed by atoms with Crippen molar-refractivity contribution in [3.63, 3.8) is 0 Å². The molecule has 5 rings (SSSR count). The van der Waals surface area contributed by atoms with Crippen molar-refractivity contribution in [2.75, 3.05) is 7.11 Å². The second kappa shape index (κ2) is 7.16. The molecule has 146 valence electrons. The summed E-state index contributed by atoms with van der Waals surface area (Å²) in [6.45, 7) is 0. The number of benzene rings is 4. The Hall–Kier alpha value is -3.92. The van der Waals surface area contributed by atoms with Crippen LogP contribution in [0.5, 0.6) is 5.75 Å². The summed E-state index contributed by atoms with van der Waals surface area (Å²) in [7, 11) is 1.64. The van der Waals surface area contributed by atoms with Crippen LogP contribution >= 0.6 is 0 Å². The Morgan fingerprint density at radius 1 is 0.867 bits per heavy atom. The fourth-order valence-electron chi connectivity index (χ4n) is 3.96. The van der Waals surface area contributed by atoms with Crippen LogP contribution < -0.4 is 4.74 Å². The molecule has 0 aliphatic carbocycles. The monoisotopic (exact) mass is 395 g/mol. The van der Waals surface area contributed by atoms with Gasteiger partial charge in [-0.1, -0.05) is 54.6 Å². The van der Waals surface area contributed by atoms with E-state index in [0.29, 0.717) is 11.1 Å². The molecular formula is C26H18FNO2. The Bertz CT molecular complexity index is 1420. The number of aromatic amines is 1. The second-order valence-corrected chi connectivity index (χ2v) is 7.15. The van der Waals surface area contributed by atoms with Gasteiger partial charge in [-0.05, 0) is 41.1 Å². The third-order valence-electron chi connectivity index (χ3n) is 5.38. The Morgan fingerprint density at radius 2 is 1.70 bits per heavy atom. The molecular weight excluding hydrogens is 377 g/mol. The molecule has 0 aliphatic heterocycles. The first-order valence-electron chi connectivity index (χ1n) is 9.64. The Morgan fingerprint density at radius 3 is 2.53 bits per heavy atom. The molecule has 0 bridgehead atoms. The highest BCUT2D eigenvalue weighted by atomic mass is 19.1. The molecule has 0 fully saturated rings. The van der Waals surface area contributed by atoms with E-state index in [2.05, 4.69) is 4.98 Å². The number of hydrogen-bond donors (Lipinski definition) is 1. The summed E-state index contributed by atoms with van der Waals surface area (Å²) in [6.07, 6.45) is 0. The van der Waals surface area contributed by atoms with Gasteiger partial charge in [-0.15, -0.1) is 0 Å². The molecule has 0 radical (unpaired) electrons. The van der Waals surface area contributed by atoms with E-state index in [-0.39, 0.29) is 5.78 Å². The van der Waals surface area contributed by atoms with Gasteiger partial charge >= 0.3 is 0 Å². The molecule has 0 saturated heterocycles. The zero-order valence-electron chi connectivity index (χ0n) is 16.3. The number of aromatic nitrogens is 1. The maximum absolute atomic E-state index is 13.8. The zero-order valence-corrected chi connectivity index (χ0v) is 16.3. The van der Waals surface area contributed by atoms with Crippen LogP contribution in [-0.4, -0.2) is 17.9 Å². The third-order valence-corrected chi connectivity index (χ3v) is 5.38. The van der Waals surface area contributed by atoms with Crippen molar-refractivity contribution in [2.24, 2.45) is 0 Å². The summed E-state index contributed by atoms with van der Waals surface area (Å²) in [5.74, 6) is 0.124. The highest BCUT2D eigenvalue weighted by molar-refractivity contribution is 6.21. The van der Waals surface area contributed by atoms with Gasteiger partial charge in [0.1, 0.15) is 11.6 Å². The topological polar surface area (TPSA) is 42.1 Å². The normalized spacial score (nSPS) is 11.1. The van der Waals surface area contributed by atoms with Crippen LogP contribution in [0.2, 0.25) is 0 Å². The summed E-state index contributed by atoms with van der Waals surface area (Å²) >= 11 is 0. The number of para-hydroxylation sites is 1. The van der Waals surface area contributed by atoms with Crippen LogP contribution in [0, 0.1) is 5.82 Å². The summed E-state index contributed by atoms with van der Waals surface area (Å²) in [4.78, 5) is 16.9. The smallest absolute Gasteiger partial charge is 0.195 e. The van der Waals surface area contributed by atoms with Gasteiger partial charge in [0.2, 0.25) is 0 Å². The van der Waals surface area contributed by atoms with Crippen molar-refractivity contribution in [2.45, 2.75) is 0 Å². The number of nitrogens with one attached hydrogen (secondary N) is 1. The minimum absolute atomic E-state index is 0.215. The SMILES string of the molecule is COc1ccc2c(-c3[nH]c4ccccc4c3C(=O)c3cccc(F)c3)cccc2c1. The van der Waals surface area contributed by atoms with Gasteiger partial charge < -0.3 is 9.72 Å². The maximum atomic E-state index is 13.8. The fourth-order valence-corrected chi connectivity index (χ4v) is 3.96. The first-order chi connectivity index (χ1) is 14.7. The number of methoxy groups -OCH3 is 1. The van der Waals surface area contributed by atoms with Gasteiger partial charge in [-0.2, -0.15) is 0 Å².